The van der Waals surface area contributed by atoms with Crippen LogP contribution >= 0.6 is 0 Å². The molecule has 112 valence electrons. The highest BCUT2D eigenvalue weighted by Gasteiger charge is 2.39. The van der Waals surface area contributed by atoms with E-state index < -0.39 is 5.60 Å². The lowest BCUT2D eigenvalue weighted by atomic mass is 9.88. The second-order valence-electron chi connectivity index (χ2n) is 6.53. The van der Waals surface area contributed by atoms with E-state index in [4.69, 9.17) is 5.73 Å². The van der Waals surface area contributed by atoms with E-state index in [9.17, 15) is 5.11 Å². The largest absolute Gasteiger partial charge is 0.388 e. The molecule has 1 aliphatic carbocycles. The van der Waals surface area contributed by atoms with Gasteiger partial charge in [-0.05, 0) is 45.2 Å². The van der Waals surface area contributed by atoms with Crippen molar-refractivity contribution in [3.63, 3.8) is 0 Å². The van der Waals surface area contributed by atoms with Crippen molar-refractivity contribution in [1.82, 2.24) is 9.80 Å². The summed E-state index contributed by atoms with van der Waals surface area (Å²) in [5.41, 5.74) is 5.19. The second kappa shape index (κ2) is 6.53. The molecule has 0 amide bonds. The van der Waals surface area contributed by atoms with Gasteiger partial charge in [0.2, 0.25) is 0 Å². The number of rotatable bonds is 5. The first kappa shape index (κ1) is 15.2. The lowest BCUT2D eigenvalue weighted by Gasteiger charge is -2.40. The predicted molar refractivity (Wildman–Crippen MR) is 79.1 cm³/mol. The molecule has 0 aromatic rings. The van der Waals surface area contributed by atoms with E-state index in [1.165, 1.54) is 26.1 Å². The molecule has 2 aliphatic rings. The zero-order valence-corrected chi connectivity index (χ0v) is 12.6. The third-order valence-electron chi connectivity index (χ3n) is 5.40. The van der Waals surface area contributed by atoms with Crippen molar-refractivity contribution in [1.29, 1.82) is 0 Å². The molecule has 3 atom stereocenters. The van der Waals surface area contributed by atoms with Crippen molar-refractivity contribution in [2.75, 3.05) is 39.8 Å². The number of nitrogens with zero attached hydrogens (tertiary/aromatic N) is 2. The van der Waals surface area contributed by atoms with E-state index in [1.807, 2.05) is 0 Å². The minimum absolute atomic E-state index is 0.414. The van der Waals surface area contributed by atoms with Gasteiger partial charge in [-0.2, -0.15) is 0 Å². The fourth-order valence-electron chi connectivity index (χ4n) is 3.80. The van der Waals surface area contributed by atoms with E-state index >= 15 is 0 Å². The normalized spacial score (nSPS) is 37.9. The van der Waals surface area contributed by atoms with Gasteiger partial charge in [0.25, 0.3) is 0 Å². The van der Waals surface area contributed by atoms with Gasteiger partial charge in [0.15, 0.2) is 0 Å². The maximum atomic E-state index is 10.5. The summed E-state index contributed by atoms with van der Waals surface area (Å²) in [6, 6.07) is 0.700. The van der Waals surface area contributed by atoms with Crippen molar-refractivity contribution in [2.24, 2.45) is 11.7 Å². The van der Waals surface area contributed by atoms with Gasteiger partial charge in [-0.15, -0.1) is 0 Å². The third kappa shape index (κ3) is 3.48. The Hall–Kier alpha value is -0.160. The Balaban J connectivity index is 1.79. The Bertz CT molecular complexity index is 287. The van der Waals surface area contributed by atoms with Crippen LogP contribution in [0.4, 0.5) is 0 Å². The third-order valence-corrected chi connectivity index (χ3v) is 5.40. The van der Waals surface area contributed by atoms with Crippen molar-refractivity contribution >= 4 is 0 Å². The molecule has 4 heteroatoms. The molecule has 3 N–H and O–H groups in total. The van der Waals surface area contributed by atoms with E-state index in [-0.39, 0.29) is 0 Å². The minimum Gasteiger partial charge on any atom is -0.388 e. The van der Waals surface area contributed by atoms with Gasteiger partial charge in [-0.1, -0.05) is 13.3 Å². The van der Waals surface area contributed by atoms with Crippen molar-refractivity contribution in [3.8, 4) is 0 Å². The molecule has 0 spiro atoms. The average molecular weight is 269 g/mol. The van der Waals surface area contributed by atoms with Crippen molar-refractivity contribution < 1.29 is 5.11 Å². The van der Waals surface area contributed by atoms with E-state index in [1.54, 1.807) is 0 Å². The highest BCUT2D eigenvalue weighted by Crippen LogP contribution is 2.37. The van der Waals surface area contributed by atoms with Crippen molar-refractivity contribution in [3.05, 3.63) is 0 Å². The first-order valence-corrected chi connectivity index (χ1v) is 7.94. The molecule has 19 heavy (non-hydrogen) atoms. The van der Waals surface area contributed by atoms with Crippen LogP contribution in [0.1, 0.15) is 39.0 Å². The molecule has 0 radical (unpaired) electrons. The molecule has 2 fully saturated rings. The van der Waals surface area contributed by atoms with Crippen LogP contribution in [0.15, 0.2) is 0 Å². The van der Waals surface area contributed by atoms with Crippen LogP contribution in [0.5, 0.6) is 0 Å². The van der Waals surface area contributed by atoms with Crippen LogP contribution in [-0.2, 0) is 0 Å². The summed E-state index contributed by atoms with van der Waals surface area (Å²) in [5.74, 6) is 0.414. The number of nitrogens with two attached hydrogens (primary N) is 1. The van der Waals surface area contributed by atoms with Gasteiger partial charge in [0.05, 0.1) is 5.60 Å². The first-order chi connectivity index (χ1) is 9.09. The molecule has 2 rings (SSSR count). The van der Waals surface area contributed by atoms with Crippen LogP contribution in [0.2, 0.25) is 0 Å². The molecule has 4 nitrogen and oxygen atoms in total. The zero-order valence-electron chi connectivity index (χ0n) is 12.6. The van der Waals surface area contributed by atoms with Gasteiger partial charge in [-0.25, -0.2) is 0 Å². The lowest BCUT2D eigenvalue weighted by Crippen LogP contribution is -2.52. The molecule has 0 aromatic heterocycles. The number of hydrogen-bond donors (Lipinski definition) is 2. The summed E-state index contributed by atoms with van der Waals surface area (Å²) >= 11 is 0. The zero-order chi connectivity index (χ0) is 13.9. The van der Waals surface area contributed by atoms with Crippen LogP contribution in [0.25, 0.3) is 0 Å². The molecule has 1 saturated heterocycles. The summed E-state index contributed by atoms with van der Waals surface area (Å²) in [7, 11) is 2.23. The molecule has 1 heterocycles. The standard InChI is InChI=1S/C15H31N3O/c1-3-14-11-18(10-9-17(14)2)8-6-13-5-4-7-15(13,19)12-16/h13-14,19H,3-12,16H2,1-2H3. The highest BCUT2D eigenvalue weighted by molar-refractivity contribution is 4.93. The van der Waals surface area contributed by atoms with Gasteiger partial charge >= 0.3 is 0 Å². The van der Waals surface area contributed by atoms with Gasteiger partial charge in [0, 0.05) is 32.2 Å². The average Bonchev–Trinajstić information content (AvgIpc) is 2.80. The van der Waals surface area contributed by atoms with E-state index in [0.717, 1.165) is 32.2 Å². The van der Waals surface area contributed by atoms with Gasteiger partial charge in [-0.3, -0.25) is 0 Å². The maximum absolute atomic E-state index is 10.5. The molecule has 3 unspecified atom stereocenters. The molecular weight excluding hydrogens is 238 g/mol. The number of hydrogen-bond acceptors (Lipinski definition) is 4. The van der Waals surface area contributed by atoms with E-state index in [0.29, 0.717) is 18.5 Å². The quantitative estimate of drug-likeness (QED) is 0.778. The summed E-state index contributed by atoms with van der Waals surface area (Å²) in [4.78, 5) is 5.05. The number of likely N-dealkylation sites (N-methyl/N-ethyl adjacent to an activating group) is 1. The highest BCUT2D eigenvalue weighted by atomic mass is 16.3. The Morgan fingerprint density at radius 1 is 1.37 bits per heavy atom. The minimum atomic E-state index is -0.573. The van der Waals surface area contributed by atoms with Crippen LogP contribution < -0.4 is 5.73 Å². The van der Waals surface area contributed by atoms with Crippen molar-refractivity contribution in [2.45, 2.75) is 50.7 Å². The SMILES string of the molecule is CCC1CN(CCC2CCCC2(O)CN)CCN1C. The molecule has 1 saturated carbocycles. The van der Waals surface area contributed by atoms with Crippen LogP contribution in [0.3, 0.4) is 0 Å². The number of piperazine rings is 1. The summed E-state index contributed by atoms with van der Waals surface area (Å²) in [6.07, 6.45) is 5.52. The summed E-state index contributed by atoms with van der Waals surface area (Å²) < 4.78 is 0. The molecule has 1 aliphatic heterocycles. The summed E-state index contributed by atoms with van der Waals surface area (Å²) in [6.45, 7) is 7.34. The Labute approximate surface area is 117 Å². The topological polar surface area (TPSA) is 52.7 Å². The lowest BCUT2D eigenvalue weighted by molar-refractivity contribution is 0.000952. The van der Waals surface area contributed by atoms with Crippen LogP contribution in [0, 0.1) is 5.92 Å². The molecule has 0 bridgehead atoms. The Kier molecular flexibility index (Phi) is 5.23. The molecule has 0 aromatic carbocycles. The monoisotopic (exact) mass is 269 g/mol. The fraction of sp³-hybridized carbons (Fsp3) is 1.00. The Morgan fingerprint density at radius 2 is 2.16 bits per heavy atom. The number of aliphatic hydroxyl groups is 1. The summed E-state index contributed by atoms with van der Waals surface area (Å²) in [5, 5.41) is 10.5. The first-order valence-electron chi connectivity index (χ1n) is 7.94. The van der Waals surface area contributed by atoms with Gasteiger partial charge < -0.3 is 20.6 Å². The van der Waals surface area contributed by atoms with E-state index in [2.05, 4.69) is 23.8 Å². The second-order valence-corrected chi connectivity index (χ2v) is 6.53. The van der Waals surface area contributed by atoms with Crippen LogP contribution in [-0.4, -0.2) is 66.3 Å². The smallest absolute Gasteiger partial charge is 0.0797 e. The predicted octanol–water partition coefficient (Wildman–Crippen LogP) is 0.892. The maximum Gasteiger partial charge on any atom is 0.0797 e. The molecular formula is C15H31N3O. The van der Waals surface area contributed by atoms with Gasteiger partial charge in [0.1, 0.15) is 0 Å². The Morgan fingerprint density at radius 3 is 2.84 bits per heavy atom. The fourth-order valence-corrected chi connectivity index (χ4v) is 3.80.